The van der Waals surface area contributed by atoms with Crippen LogP contribution in [0.1, 0.15) is 33.6 Å². The number of nitrogens with zero attached hydrogens (tertiary/aromatic N) is 1. The molecule has 3 heteroatoms. The Morgan fingerprint density at radius 3 is 2.08 bits per heavy atom. The van der Waals surface area contributed by atoms with Crippen LogP contribution in [0, 0.1) is 0 Å². The molecule has 0 amide bonds. The molecule has 0 heterocycles. The molecule has 0 radical (unpaired) electrons. The molecule has 0 fully saturated rings. The van der Waals surface area contributed by atoms with E-state index in [-0.39, 0.29) is 0 Å². The fraction of sp³-hybridized carbons (Fsp3) is 1.00. The minimum absolute atomic E-state index is 1.11. The van der Waals surface area contributed by atoms with Gasteiger partial charge in [0.15, 0.2) is 0 Å². The summed E-state index contributed by atoms with van der Waals surface area (Å²) in [7, 11) is 3.18. The average molecular weight is 202 g/mol. The van der Waals surface area contributed by atoms with Crippen molar-refractivity contribution in [3.8, 4) is 0 Å². The van der Waals surface area contributed by atoms with Crippen molar-refractivity contribution in [3.05, 3.63) is 0 Å². The molecular weight excluding hydrogens is 176 g/mol. The number of unbranched alkanes of at least 4 members (excludes halogenated alkanes) is 1. The molecule has 0 spiro atoms. The second-order valence-corrected chi connectivity index (χ2v) is 8.43. The molecule has 0 aliphatic rings. The highest BCUT2D eigenvalue weighted by Crippen LogP contribution is 2.17. The van der Waals surface area contributed by atoms with Gasteiger partial charge in [0.2, 0.25) is 8.40 Å². The second-order valence-electron chi connectivity index (χ2n) is 3.91. The highest BCUT2D eigenvalue weighted by molar-refractivity contribution is 6.74. The fourth-order valence-corrected chi connectivity index (χ4v) is 5.66. The van der Waals surface area contributed by atoms with Crippen molar-refractivity contribution in [2.75, 3.05) is 20.6 Å². The van der Waals surface area contributed by atoms with Gasteiger partial charge in [0, 0.05) is 0 Å². The lowest BCUT2D eigenvalue weighted by atomic mass is 10.4. The van der Waals surface area contributed by atoms with Crippen LogP contribution in [0.4, 0.5) is 0 Å². The van der Waals surface area contributed by atoms with E-state index in [4.69, 9.17) is 0 Å². The first-order chi connectivity index (χ1) is 6.13. The number of hydrogen-bond donors (Lipinski definition) is 1. The van der Waals surface area contributed by atoms with Gasteiger partial charge >= 0.3 is 0 Å². The maximum absolute atomic E-state index is 3.74. The van der Waals surface area contributed by atoms with Gasteiger partial charge in [-0.15, -0.1) is 0 Å². The summed E-state index contributed by atoms with van der Waals surface area (Å²) in [5, 5.41) is 0. The van der Waals surface area contributed by atoms with Crippen molar-refractivity contribution in [1.29, 1.82) is 0 Å². The molecule has 0 aromatic rings. The van der Waals surface area contributed by atoms with Crippen LogP contribution >= 0.6 is 0 Å². The molecule has 0 saturated carbocycles. The molecular formula is C10H26N2Si. The van der Waals surface area contributed by atoms with Crippen LogP contribution in [0.15, 0.2) is 0 Å². The van der Waals surface area contributed by atoms with Crippen molar-refractivity contribution >= 4 is 8.40 Å². The number of hydrogen-bond acceptors (Lipinski definition) is 2. The molecule has 2 nitrogen and oxygen atoms in total. The highest BCUT2D eigenvalue weighted by atomic mass is 28.3. The third-order valence-corrected chi connectivity index (χ3v) is 7.96. The summed E-state index contributed by atoms with van der Waals surface area (Å²) in [6.07, 6.45) is 2.68. The van der Waals surface area contributed by atoms with Crippen LogP contribution < -0.4 is 4.98 Å². The van der Waals surface area contributed by atoms with E-state index in [2.05, 4.69) is 44.4 Å². The quantitative estimate of drug-likeness (QED) is 0.638. The molecule has 0 aromatic heterocycles. The minimum atomic E-state index is -1.28. The summed E-state index contributed by atoms with van der Waals surface area (Å²) < 4.78 is 2.46. The smallest absolute Gasteiger partial charge is 0.203 e. The highest BCUT2D eigenvalue weighted by Gasteiger charge is 2.32. The Morgan fingerprint density at radius 1 is 1.15 bits per heavy atom. The van der Waals surface area contributed by atoms with Gasteiger partial charge < -0.3 is 9.55 Å². The normalized spacial score (nSPS) is 16.2. The van der Waals surface area contributed by atoms with Crippen molar-refractivity contribution in [2.24, 2.45) is 0 Å². The molecule has 0 aromatic carbocycles. The molecule has 0 rings (SSSR count). The first-order valence-corrected chi connectivity index (χ1v) is 7.91. The maximum atomic E-state index is 3.74. The average Bonchev–Trinajstić information content (AvgIpc) is 2.12. The summed E-state index contributed by atoms with van der Waals surface area (Å²) in [6, 6.07) is 2.70. The van der Waals surface area contributed by atoms with Crippen LogP contribution in [-0.4, -0.2) is 33.6 Å². The van der Waals surface area contributed by atoms with Gasteiger partial charge in [-0.3, -0.25) is 0 Å². The van der Waals surface area contributed by atoms with Gasteiger partial charge in [0.05, 0.1) is 0 Å². The molecule has 13 heavy (non-hydrogen) atoms. The Hall–Kier alpha value is 0.137. The van der Waals surface area contributed by atoms with Gasteiger partial charge in [0.25, 0.3) is 0 Å². The van der Waals surface area contributed by atoms with E-state index in [9.17, 15) is 0 Å². The SMILES string of the molecule is CCCC[Si](CC)(NCC)N(C)C. The first-order valence-electron chi connectivity index (χ1n) is 5.55. The van der Waals surface area contributed by atoms with Crippen molar-refractivity contribution in [2.45, 2.75) is 45.7 Å². The van der Waals surface area contributed by atoms with Crippen LogP contribution in [0.2, 0.25) is 12.1 Å². The van der Waals surface area contributed by atoms with Gasteiger partial charge in [-0.25, -0.2) is 0 Å². The van der Waals surface area contributed by atoms with Gasteiger partial charge in [0.1, 0.15) is 0 Å². The Morgan fingerprint density at radius 2 is 1.77 bits per heavy atom. The zero-order valence-electron chi connectivity index (χ0n) is 9.98. The summed E-state index contributed by atoms with van der Waals surface area (Å²) in [6.45, 7) is 7.93. The molecule has 1 atom stereocenters. The topological polar surface area (TPSA) is 15.3 Å². The monoisotopic (exact) mass is 202 g/mol. The molecule has 0 aliphatic heterocycles. The molecule has 0 saturated heterocycles. The van der Waals surface area contributed by atoms with Gasteiger partial charge in [-0.1, -0.05) is 33.6 Å². The van der Waals surface area contributed by atoms with E-state index in [1.165, 1.54) is 24.9 Å². The predicted octanol–water partition coefficient (Wildman–Crippen LogP) is 2.42. The van der Waals surface area contributed by atoms with Gasteiger partial charge in [-0.2, -0.15) is 0 Å². The van der Waals surface area contributed by atoms with E-state index in [0.29, 0.717) is 0 Å². The zero-order chi connectivity index (χ0) is 10.3. The molecule has 0 aliphatic carbocycles. The first kappa shape index (κ1) is 13.1. The summed E-state index contributed by atoms with van der Waals surface area (Å²) >= 11 is 0. The lowest BCUT2D eigenvalue weighted by molar-refractivity contribution is 0.569. The summed E-state index contributed by atoms with van der Waals surface area (Å²) in [5.41, 5.74) is 0. The molecule has 80 valence electrons. The van der Waals surface area contributed by atoms with Crippen LogP contribution in [0.3, 0.4) is 0 Å². The van der Waals surface area contributed by atoms with Crippen LogP contribution in [0.25, 0.3) is 0 Å². The maximum Gasteiger partial charge on any atom is 0.203 e. The number of nitrogens with one attached hydrogen (secondary N) is 1. The Labute approximate surface area is 84.9 Å². The van der Waals surface area contributed by atoms with Crippen LogP contribution in [-0.2, 0) is 0 Å². The Balaban J connectivity index is 4.26. The van der Waals surface area contributed by atoms with E-state index in [1.54, 1.807) is 0 Å². The lowest BCUT2D eigenvalue weighted by Gasteiger charge is -2.37. The molecule has 0 bridgehead atoms. The van der Waals surface area contributed by atoms with E-state index < -0.39 is 8.40 Å². The van der Waals surface area contributed by atoms with Crippen LogP contribution in [0.5, 0.6) is 0 Å². The zero-order valence-corrected chi connectivity index (χ0v) is 11.0. The number of rotatable bonds is 7. The third-order valence-electron chi connectivity index (χ3n) is 2.89. The van der Waals surface area contributed by atoms with E-state index in [0.717, 1.165) is 6.54 Å². The van der Waals surface area contributed by atoms with Crippen molar-refractivity contribution in [3.63, 3.8) is 0 Å². The van der Waals surface area contributed by atoms with Gasteiger partial charge in [-0.05, 0) is 32.7 Å². The largest absolute Gasteiger partial charge is 0.325 e. The van der Waals surface area contributed by atoms with E-state index >= 15 is 0 Å². The minimum Gasteiger partial charge on any atom is -0.325 e. The lowest BCUT2D eigenvalue weighted by Crippen LogP contribution is -2.60. The van der Waals surface area contributed by atoms with E-state index in [1.807, 2.05) is 0 Å². The van der Waals surface area contributed by atoms with Crippen molar-refractivity contribution < 1.29 is 0 Å². The fourth-order valence-electron chi connectivity index (χ4n) is 1.89. The third kappa shape index (κ3) is 3.79. The summed E-state index contributed by atoms with van der Waals surface area (Å²) in [4.78, 5) is 3.74. The van der Waals surface area contributed by atoms with Crippen molar-refractivity contribution in [1.82, 2.24) is 9.55 Å². The molecule has 1 unspecified atom stereocenters. The molecule has 1 N–H and O–H groups in total. The Kier molecular flexibility index (Phi) is 6.64. The predicted molar refractivity (Wildman–Crippen MR) is 63.3 cm³/mol. The Bertz CT molecular complexity index is 128. The standard InChI is InChI=1S/C10H26N2Si/c1-6-9-10-13(8-3,11-7-2)12(4)5/h11H,6-10H2,1-5H3. The second kappa shape index (κ2) is 6.57. The summed E-state index contributed by atoms with van der Waals surface area (Å²) in [5.74, 6) is 0.